The predicted octanol–water partition coefficient (Wildman–Crippen LogP) is 3.46. The van der Waals surface area contributed by atoms with Crippen molar-refractivity contribution in [2.24, 2.45) is 5.41 Å². The molecule has 0 saturated carbocycles. The van der Waals surface area contributed by atoms with Crippen molar-refractivity contribution in [2.45, 2.75) is 53.5 Å². The Morgan fingerprint density at radius 2 is 1.85 bits per heavy atom. The van der Waals surface area contributed by atoms with Crippen LogP contribution in [0.3, 0.4) is 0 Å². The van der Waals surface area contributed by atoms with Crippen molar-refractivity contribution in [3.63, 3.8) is 0 Å². The average Bonchev–Trinajstić information content (AvgIpc) is 2.26. The molecule has 0 aliphatic heterocycles. The van der Waals surface area contributed by atoms with Crippen molar-refractivity contribution in [1.82, 2.24) is 10.3 Å². The largest absolute Gasteiger partial charge is 0.370 e. The molecule has 1 rings (SSSR count). The van der Waals surface area contributed by atoms with Crippen LogP contribution >= 0.6 is 0 Å². The SMILES string of the molecule is CCNc1ccc(C(=O)NC(C)(C)CC(C)(C)C)cn1. The van der Waals surface area contributed by atoms with E-state index in [1.165, 1.54) is 0 Å². The maximum absolute atomic E-state index is 12.2. The van der Waals surface area contributed by atoms with E-state index in [1.54, 1.807) is 12.3 Å². The van der Waals surface area contributed by atoms with Gasteiger partial charge in [0.05, 0.1) is 5.56 Å². The predicted molar refractivity (Wildman–Crippen MR) is 84.0 cm³/mol. The molecule has 112 valence electrons. The lowest BCUT2D eigenvalue weighted by Crippen LogP contribution is -2.45. The lowest BCUT2D eigenvalue weighted by molar-refractivity contribution is 0.0891. The average molecular weight is 277 g/mol. The molecule has 0 aliphatic rings. The Morgan fingerprint density at radius 3 is 2.30 bits per heavy atom. The Kier molecular flexibility index (Phi) is 5.15. The van der Waals surface area contributed by atoms with E-state index in [4.69, 9.17) is 0 Å². The molecule has 0 saturated heterocycles. The second-order valence-corrected chi connectivity index (χ2v) is 7.04. The van der Waals surface area contributed by atoms with Crippen LogP contribution in [0.4, 0.5) is 5.82 Å². The monoisotopic (exact) mass is 277 g/mol. The zero-order chi connectivity index (χ0) is 15.4. The maximum Gasteiger partial charge on any atom is 0.253 e. The van der Waals surface area contributed by atoms with Crippen molar-refractivity contribution >= 4 is 11.7 Å². The Morgan fingerprint density at radius 1 is 1.20 bits per heavy atom. The van der Waals surface area contributed by atoms with Crippen LogP contribution in [-0.4, -0.2) is 23.0 Å². The van der Waals surface area contributed by atoms with Gasteiger partial charge in [0.15, 0.2) is 0 Å². The summed E-state index contributed by atoms with van der Waals surface area (Å²) in [7, 11) is 0. The second-order valence-electron chi connectivity index (χ2n) is 7.04. The van der Waals surface area contributed by atoms with Gasteiger partial charge in [-0.15, -0.1) is 0 Å². The van der Waals surface area contributed by atoms with Gasteiger partial charge in [0.25, 0.3) is 5.91 Å². The molecule has 0 unspecified atom stereocenters. The van der Waals surface area contributed by atoms with E-state index in [-0.39, 0.29) is 16.9 Å². The highest BCUT2D eigenvalue weighted by Crippen LogP contribution is 2.27. The molecule has 0 radical (unpaired) electrons. The Labute approximate surface area is 122 Å². The molecule has 1 heterocycles. The number of hydrogen-bond acceptors (Lipinski definition) is 3. The van der Waals surface area contributed by atoms with E-state index in [0.29, 0.717) is 5.56 Å². The summed E-state index contributed by atoms with van der Waals surface area (Å²) >= 11 is 0. The summed E-state index contributed by atoms with van der Waals surface area (Å²) in [6.07, 6.45) is 2.52. The van der Waals surface area contributed by atoms with Crippen LogP contribution in [0, 0.1) is 5.41 Å². The van der Waals surface area contributed by atoms with E-state index in [9.17, 15) is 4.79 Å². The maximum atomic E-state index is 12.2. The lowest BCUT2D eigenvalue weighted by Gasteiger charge is -2.33. The van der Waals surface area contributed by atoms with Gasteiger partial charge in [-0.25, -0.2) is 4.98 Å². The summed E-state index contributed by atoms with van der Waals surface area (Å²) in [5.74, 6) is 0.716. The van der Waals surface area contributed by atoms with Gasteiger partial charge in [-0.3, -0.25) is 4.79 Å². The molecule has 0 aromatic carbocycles. The Balaban J connectivity index is 2.70. The molecule has 20 heavy (non-hydrogen) atoms. The Hall–Kier alpha value is -1.58. The van der Waals surface area contributed by atoms with Crippen molar-refractivity contribution in [2.75, 3.05) is 11.9 Å². The van der Waals surface area contributed by atoms with Crippen LogP contribution < -0.4 is 10.6 Å². The Bertz CT molecular complexity index is 444. The molecule has 2 N–H and O–H groups in total. The zero-order valence-electron chi connectivity index (χ0n) is 13.5. The lowest BCUT2D eigenvalue weighted by atomic mass is 9.81. The fourth-order valence-electron chi connectivity index (χ4n) is 2.56. The van der Waals surface area contributed by atoms with Gasteiger partial charge in [0, 0.05) is 18.3 Å². The summed E-state index contributed by atoms with van der Waals surface area (Å²) in [6, 6.07) is 3.63. The van der Waals surface area contributed by atoms with E-state index < -0.39 is 0 Å². The second kappa shape index (κ2) is 6.25. The summed E-state index contributed by atoms with van der Waals surface area (Å²) in [4.78, 5) is 16.5. The van der Waals surface area contributed by atoms with Gasteiger partial charge in [-0.2, -0.15) is 0 Å². The molecule has 0 spiro atoms. The van der Waals surface area contributed by atoms with Crippen LogP contribution in [0.25, 0.3) is 0 Å². The highest BCUT2D eigenvalue weighted by molar-refractivity contribution is 5.94. The normalized spacial score (nSPS) is 12.1. The number of anilines is 1. The van der Waals surface area contributed by atoms with Crippen molar-refractivity contribution in [3.05, 3.63) is 23.9 Å². The zero-order valence-corrected chi connectivity index (χ0v) is 13.5. The van der Waals surface area contributed by atoms with E-state index in [0.717, 1.165) is 18.8 Å². The van der Waals surface area contributed by atoms with Crippen LogP contribution in [0.5, 0.6) is 0 Å². The van der Waals surface area contributed by atoms with Gasteiger partial charge in [0.2, 0.25) is 0 Å². The highest BCUT2D eigenvalue weighted by Gasteiger charge is 2.27. The summed E-state index contributed by atoms with van der Waals surface area (Å²) < 4.78 is 0. The van der Waals surface area contributed by atoms with Crippen molar-refractivity contribution in [3.8, 4) is 0 Å². The van der Waals surface area contributed by atoms with Crippen LogP contribution in [-0.2, 0) is 0 Å². The molecular formula is C16H27N3O. The van der Waals surface area contributed by atoms with Gasteiger partial charge in [-0.1, -0.05) is 20.8 Å². The topological polar surface area (TPSA) is 54.0 Å². The number of pyridine rings is 1. The van der Waals surface area contributed by atoms with Gasteiger partial charge in [-0.05, 0) is 44.7 Å². The standard InChI is InChI=1S/C16H27N3O/c1-7-17-13-9-8-12(10-18-13)14(20)19-16(5,6)11-15(2,3)4/h8-10H,7,11H2,1-6H3,(H,17,18)(H,19,20). The minimum Gasteiger partial charge on any atom is -0.370 e. The van der Waals surface area contributed by atoms with Crippen LogP contribution in [0.1, 0.15) is 58.3 Å². The van der Waals surface area contributed by atoms with Crippen molar-refractivity contribution < 1.29 is 4.79 Å². The molecule has 1 amide bonds. The van der Waals surface area contributed by atoms with Gasteiger partial charge >= 0.3 is 0 Å². The number of carbonyl (C=O) groups excluding carboxylic acids is 1. The number of hydrogen-bond donors (Lipinski definition) is 2. The number of carbonyl (C=O) groups is 1. The smallest absolute Gasteiger partial charge is 0.253 e. The van der Waals surface area contributed by atoms with E-state index >= 15 is 0 Å². The van der Waals surface area contributed by atoms with Crippen molar-refractivity contribution in [1.29, 1.82) is 0 Å². The quantitative estimate of drug-likeness (QED) is 0.866. The number of aromatic nitrogens is 1. The van der Waals surface area contributed by atoms with E-state index in [1.807, 2.05) is 13.0 Å². The highest BCUT2D eigenvalue weighted by atomic mass is 16.1. The molecule has 0 aliphatic carbocycles. The number of nitrogens with zero attached hydrogens (tertiary/aromatic N) is 1. The fraction of sp³-hybridized carbons (Fsp3) is 0.625. The molecule has 0 fully saturated rings. The summed E-state index contributed by atoms with van der Waals surface area (Å²) in [5.41, 5.74) is 0.521. The minimum atomic E-state index is -0.240. The minimum absolute atomic E-state index is 0.0743. The number of rotatable bonds is 5. The first-order chi connectivity index (χ1) is 9.13. The summed E-state index contributed by atoms with van der Waals surface area (Å²) in [5, 5.41) is 6.19. The molecule has 4 heteroatoms. The first kappa shape index (κ1) is 16.5. The number of amides is 1. The molecular weight excluding hydrogens is 250 g/mol. The van der Waals surface area contributed by atoms with E-state index in [2.05, 4.69) is 50.2 Å². The third-order valence-electron chi connectivity index (χ3n) is 2.81. The third kappa shape index (κ3) is 5.59. The van der Waals surface area contributed by atoms with Gasteiger partial charge < -0.3 is 10.6 Å². The fourth-order valence-corrected chi connectivity index (χ4v) is 2.56. The molecule has 1 aromatic rings. The van der Waals surface area contributed by atoms with Gasteiger partial charge in [0.1, 0.15) is 5.82 Å². The summed E-state index contributed by atoms with van der Waals surface area (Å²) in [6.45, 7) is 13.5. The molecule has 4 nitrogen and oxygen atoms in total. The first-order valence-corrected chi connectivity index (χ1v) is 7.15. The first-order valence-electron chi connectivity index (χ1n) is 7.15. The van der Waals surface area contributed by atoms with Crippen LogP contribution in [0.2, 0.25) is 0 Å². The number of nitrogens with one attached hydrogen (secondary N) is 2. The van der Waals surface area contributed by atoms with Crippen LogP contribution in [0.15, 0.2) is 18.3 Å². The molecule has 0 atom stereocenters. The molecule has 1 aromatic heterocycles. The third-order valence-corrected chi connectivity index (χ3v) is 2.81. The molecule has 0 bridgehead atoms.